The van der Waals surface area contributed by atoms with E-state index in [1.807, 2.05) is 18.2 Å². The van der Waals surface area contributed by atoms with Crippen LogP contribution >= 0.6 is 0 Å². The van der Waals surface area contributed by atoms with Gasteiger partial charge in [0.05, 0.1) is 0 Å². The van der Waals surface area contributed by atoms with E-state index in [0.717, 1.165) is 30.8 Å². The predicted molar refractivity (Wildman–Crippen MR) is 81.7 cm³/mol. The molecule has 2 atom stereocenters. The van der Waals surface area contributed by atoms with Crippen LogP contribution in [0, 0.1) is 0 Å². The number of phenols is 1. The standard InChI is InChI=1S/C18H19NO2/c1-19-11-10-18(13-6-8-14(20)9-7-13)16(12-19)15-4-2-3-5-17(15)21-18/h2-9,16,20H,10-12H2,1H3/t16-,18+/m0/s1. The lowest BCUT2D eigenvalue weighted by molar-refractivity contribution is 0.00700. The molecule has 2 aromatic rings. The van der Waals surface area contributed by atoms with Gasteiger partial charge in [0, 0.05) is 31.0 Å². The summed E-state index contributed by atoms with van der Waals surface area (Å²) in [6.45, 7) is 2.02. The van der Waals surface area contributed by atoms with Crippen LogP contribution in [0.4, 0.5) is 0 Å². The molecule has 1 N–H and O–H groups in total. The molecule has 0 radical (unpaired) electrons. The number of ether oxygens (including phenoxy) is 1. The first-order chi connectivity index (χ1) is 10.2. The van der Waals surface area contributed by atoms with Gasteiger partial charge in [0.15, 0.2) is 0 Å². The lowest BCUT2D eigenvalue weighted by atomic mass is 9.74. The van der Waals surface area contributed by atoms with Crippen molar-refractivity contribution in [2.75, 3.05) is 20.1 Å². The zero-order valence-electron chi connectivity index (χ0n) is 12.1. The summed E-state index contributed by atoms with van der Waals surface area (Å²) in [4.78, 5) is 2.37. The quantitative estimate of drug-likeness (QED) is 0.872. The Hall–Kier alpha value is -2.00. The van der Waals surface area contributed by atoms with Crippen LogP contribution in [0.3, 0.4) is 0 Å². The van der Waals surface area contributed by atoms with Gasteiger partial charge in [-0.2, -0.15) is 0 Å². The number of hydrogen-bond donors (Lipinski definition) is 1. The fourth-order valence-corrected chi connectivity index (χ4v) is 3.76. The van der Waals surface area contributed by atoms with Crippen molar-refractivity contribution in [3.63, 3.8) is 0 Å². The van der Waals surface area contributed by atoms with E-state index in [0.29, 0.717) is 11.7 Å². The highest BCUT2D eigenvalue weighted by Crippen LogP contribution is 2.54. The number of aromatic hydroxyl groups is 1. The number of likely N-dealkylation sites (N-methyl/N-ethyl adjacent to an activating group) is 1. The Morgan fingerprint density at radius 1 is 1.14 bits per heavy atom. The van der Waals surface area contributed by atoms with Gasteiger partial charge in [0.25, 0.3) is 0 Å². The first kappa shape index (κ1) is 12.7. The van der Waals surface area contributed by atoms with Crippen molar-refractivity contribution >= 4 is 0 Å². The van der Waals surface area contributed by atoms with Crippen LogP contribution in [-0.4, -0.2) is 30.1 Å². The average molecular weight is 281 g/mol. The van der Waals surface area contributed by atoms with Crippen molar-refractivity contribution in [1.29, 1.82) is 0 Å². The first-order valence-corrected chi connectivity index (χ1v) is 7.45. The third-order valence-corrected chi connectivity index (χ3v) is 4.86. The van der Waals surface area contributed by atoms with Gasteiger partial charge in [0.1, 0.15) is 17.1 Å². The normalized spacial score (nSPS) is 27.8. The molecule has 2 aromatic carbocycles. The maximum Gasteiger partial charge on any atom is 0.143 e. The van der Waals surface area contributed by atoms with Gasteiger partial charge in [0.2, 0.25) is 0 Å². The second-order valence-electron chi connectivity index (χ2n) is 6.14. The molecule has 4 rings (SSSR count). The van der Waals surface area contributed by atoms with E-state index in [4.69, 9.17) is 4.74 Å². The van der Waals surface area contributed by atoms with Crippen molar-refractivity contribution in [1.82, 2.24) is 4.90 Å². The number of benzene rings is 2. The molecule has 2 aliphatic heterocycles. The van der Waals surface area contributed by atoms with Crippen LogP contribution in [0.5, 0.6) is 11.5 Å². The maximum atomic E-state index is 9.56. The van der Waals surface area contributed by atoms with Crippen molar-refractivity contribution in [3.05, 3.63) is 59.7 Å². The van der Waals surface area contributed by atoms with Gasteiger partial charge in [-0.3, -0.25) is 0 Å². The SMILES string of the molecule is CN1CC[C@]2(c3ccc(O)cc3)Oc3ccccc3[C@@H]2C1. The lowest BCUT2D eigenvalue weighted by Crippen LogP contribution is -2.47. The van der Waals surface area contributed by atoms with E-state index >= 15 is 0 Å². The summed E-state index contributed by atoms with van der Waals surface area (Å²) in [5.41, 5.74) is 2.18. The summed E-state index contributed by atoms with van der Waals surface area (Å²) in [6.07, 6.45) is 0.966. The molecule has 108 valence electrons. The van der Waals surface area contributed by atoms with E-state index < -0.39 is 0 Å². The van der Waals surface area contributed by atoms with Crippen LogP contribution < -0.4 is 4.74 Å². The van der Waals surface area contributed by atoms with Gasteiger partial charge in [-0.15, -0.1) is 0 Å². The van der Waals surface area contributed by atoms with E-state index in [2.05, 4.69) is 30.1 Å². The largest absolute Gasteiger partial charge is 0.508 e. The number of fused-ring (bicyclic) bond motifs is 3. The minimum Gasteiger partial charge on any atom is -0.508 e. The Morgan fingerprint density at radius 2 is 1.90 bits per heavy atom. The highest BCUT2D eigenvalue weighted by molar-refractivity contribution is 5.48. The number of likely N-dealkylation sites (tertiary alicyclic amines) is 1. The molecule has 3 nitrogen and oxygen atoms in total. The minimum absolute atomic E-state index is 0.288. The molecule has 0 bridgehead atoms. The number of nitrogens with zero attached hydrogens (tertiary/aromatic N) is 1. The van der Waals surface area contributed by atoms with Crippen LogP contribution in [0.2, 0.25) is 0 Å². The Bertz CT molecular complexity index is 667. The fourth-order valence-electron chi connectivity index (χ4n) is 3.76. The highest BCUT2D eigenvalue weighted by Gasteiger charge is 2.51. The topological polar surface area (TPSA) is 32.7 Å². The molecule has 2 aliphatic rings. The molecular formula is C18H19NO2. The summed E-state index contributed by atoms with van der Waals surface area (Å²) in [7, 11) is 2.17. The van der Waals surface area contributed by atoms with Gasteiger partial charge in [-0.25, -0.2) is 0 Å². The van der Waals surface area contributed by atoms with Crippen molar-refractivity contribution < 1.29 is 9.84 Å². The van der Waals surface area contributed by atoms with Crippen LogP contribution in [0.15, 0.2) is 48.5 Å². The molecule has 0 amide bonds. The number of para-hydroxylation sites is 1. The molecule has 0 saturated carbocycles. The predicted octanol–water partition coefficient (Wildman–Crippen LogP) is 3.10. The second kappa shape index (κ2) is 4.50. The number of rotatable bonds is 1. The Labute approximate surface area is 124 Å². The number of hydrogen-bond acceptors (Lipinski definition) is 3. The summed E-state index contributed by atoms with van der Waals surface area (Å²) in [5.74, 6) is 1.65. The van der Waals surface area contributed by atoms with E-state index in [1.54, 1.807) is 12.1 Å². The molecule has 1 saturated heterocycles. The third-order valence-electron chi connectivity index (χ3n) is 4.86. The average Bonchev–Trinajstić information content (AvgIpc) is 2.83. The van der Waals surface area contributed by atoms with Gasteiger partial charge >= 0.3 is 0 Å². The molecule has 0 aromatic heterocycles. The molecule has 3 heteroatoms. The van der Waals surface area contributed by atoms with Gasteiger partial charge in [-0.1, -0.05) is 30.3 Å². The first-order valence-electron chi connectivity index (χ1n) is 7.45. The van der Waals surface area contributed by atoms with Crippen molar-refractivity contribution in [3.8, 4) is 11.5 Å². The monoisotopic (exact) mass is 281 g/mol. The molecular weight excluding hydrogens is 262 g/mol. The minimum atomic E-state index is -0.288. The molecule has 21 heavy (non-hydrogen) atoms. The molecule has 0 aliphatic carbocycles. The second-order valence-corrected chi connectivity index (χ2v) is 6.14. The number of phenolic OH excluding ortho intramolecular Hbond substituents is 1. The Kier molecular flexibility index (Phi) is 2.73. The fraction of sp³-hybridized carbons (Fsp3) is 0.333. The molecule has 0 spiro atoms. The van der Waals surface area contributed by atoms with E-state index in [9.17, 15) is 5.11 Å². The zero-order valence-corrected chi connectivity index (χ0v) is 12.1. The highest BCUT2D eigenvalue weighted by atomic mass is 16.5. The molecule has 0 unspecified atom stereocenters. The summed E-state index contributed by atoms with van der Waals surface area (Å²) in [6, 6.07) is 15.9. The van der Waals surface area contributed by atoms with E-state index in [-0.39, 0.29) is 5.60 Å². The van der Waals surface area contributed by atoms with Gasteiger partial charge < -0.3 is 14.7 Å². The zero-order chi connectivity index (χ0) is 14.4. The Balaban J connectivity index is 1.84. The maximum absolute atomic E-state index is 9.56. The summed E-state index contributed by atoms with van der Waals surface area (Å²) in [5, 5.41) is 9.56. The third kappa shape index (κ3) is 1.84. The summed E-state index contributed by atoms with van der Waals surface area (Å²) < 4.78 is 6.46. The van der Waals surface area contributed by atoms with Crippen molar-refractivity contribution in [2.45, 2.75) is 17.9 Å². The van der Waals surface area contributed by atoms with Crippen LogP contribution in [-0.2, 0) is 5.60 Å². The summed E-state index contributed by atoms with van der Waals surface area (Å²) >= 11 is 0. The lowest BCUT2D eigenvalue weighted by Gasteiger charge is -2.42. The van der Waals surface area contributed by atoms with Gasteiger partial charge in [-0.05, 0) is 30.8 Å². The number of piperidine rings is 1. The van der Waals surface area contributed by atoms with E-state index in [1.165, 1.54) is 5.56 Å². The smallest absolute Gasteiger partial charge is 0.143 e. The molecule has 1 fully saturated rings. The Morgan fingerprint density at radius 3 is 2.71 bits per heavy atom. The molecule has 2 heterocycles. The van der Waals surface area contributed by atoms with Crippen molar-refractivity contribution in [2.24, 2.45) is 0 Å². The van der Waals surface area contributed by atoms with Crippen LogP contribution in [0.25, 0.3) is 0 Å². The van der Waals surface area contributed by atoms with Crippen LogP contribution in [0.1, 0.15) is 23.5 Å².